The lowest BCUT2D eigenvalue weighted by atomic mass is 10.1. The molecule has 1 aromatic carbocycles. The fourth-order valence-corrected chi connectivity index (χ4v) is 1.94. The van der Waals surface area contributed by atoms with Crippen molar-refractivity contribution >= 4 is 17.4 Å². The van der Waals surface area contributed by atoms with Crippen LogP contribution in [-0.4, -0.2) is 31.4 Å². The Morgan fingerprint density at radius 2 is 2.00 bits per heavy atom. The first-order chi connectivity index (χ1) is 8.25. The first kappa shape index (κ1) is 11.8. The van der Waals surface area contributed by atoms with Crippen LogP contribution in [0.15, 0.2) is 24.3 Å². The van der Waals surface area contributed by atoms with E-state index in [0.717, 1.165) is 12.1 Å². The lowest BCUT2D eigenvalue weighted by Crippen LogP contribution is -2.31. The van der Waals surface area contributed by atoms with Crippen LogP contribution in [0, 0.1) is 0 Å². The number of hydrogen-bond acceptors (Lipinski definition) is 3. The number of benzene rings is 1. The third kappa shape index (κ3) is 2.22. The summed E-state index contributed by atoms with van der Waals surface area (Å²) in [5, 5.41) is 0. The van der Waals surface area contributed by atoms with Crippen molar-refractivity contribution in [2.24, 2.45) is 0 Å². The zero-order valence-corrected chi connectivity index (χ0v) is 9.81. The molecule has 1 aliphatic rings. The van der Waals surface area contributed by atoms with E-state index in [-0.39, 0.29) is 0 Å². The summed E-state index contributed by atoms with van der Waals surface area (Å²) in [5.41, 5.74) is 1.23. The molecule has 0 atom stereocenters. The van der Waals surface area contributed by atoms with Crippen molar-refractivity contribution in [2.75, 3.05) is 24.7 Å². The van der Waals surface area contributed by atoms with E-state index in [9.17, 15) is 9.59 Å². The molecule has 1 amide bonds. The number of carbonyl (C=O) groups excluding carboxylic acids is 2. The summed E-state index contributed by atoms with van der Waals surface area (Å²) >= 11 is 0. The van der Waals surface area contributed by atoms with Crippen molar-refractivity contribution in [1.82, 2.24) is 0 Å². The molecule has 0 radical (unpaired) electrons. The van der Waals surface area contributed by atoms with Gasteiger partial charge in [0, 0.05) is 19.8 Å². The van der Waals surface area contributed by atoms with Gasteiger partial charge in [-0.05, 0) is 25.5 Å². The zero-order valence-electron chi connectivity index (χ0n) is 9.81. The van der Waals surface area contributed by atoms with Crippen molar-refractivity contribution in [3.63, 3.8) is 0 Å². The molecule has 90 valence electrons. The minimum absolute atomic E-state index is 0.406. The molecule has 4 heteroatoms. The van der Waals surface area contributed by atoms with Crippen LogP contribution < -0.4 is 4.90 Å². The topological polar surface area (TPSA) is 46.6 Å². The van der Waals surface area contributed by atoms with Crippen molar-refractivity contribution in [3.05, 3.63) is 29.8 Å². The highest BCUT2D eigenvalue weighted by Crippen LogP contribution is 2.28. The largest absolute Gasteiger partial charge is 0.382 e. The maximum atomic E-state index is 11.8. The standard InChI is InChI=1S/C13H15NO3/c1-2-17-9-5-8-14-11-7-4-3-6-10(11)12(15)13(14)16/h3-4,6-7H,2,5,8-9H2,1H3. The first-order valence-electron chi connectivity index (χ1n) is 5.78. The summed E-state index contributed by atoms with van der Waals surface area (Å²) < 4.78 is 5.22. The number of rotatable bonds is 5. The van der Waals surface area contributed by atoms with Gasteiger partial charge < -0.3 is 9.64 Å². The second-order valence-corrected chi connectivity index (χ2v) is 3.85. The third-order valence-electron chi connectivity index (χ3n) is 2.75. The molecular formula is C13H15NO3. The molecule has 1 heterocycles. The number of fused-ring (bicyclic) bond motifs is 1. The van der Waals surface area contributed by atoms with Crippen LogP contribution in [0.3, 0.4) is 0 Å². The van der Waals surface area contributed by atoms with Gasteiger partial charge in [-0.3, -0.25) is 9.59 Å². The third-order valence-corrected chi connectivity index (χ3v) is 2.75. The number of ether oxygens (including phenoxy) is 1. The number of anilines is 1. The Morgan fingerprint density at radius 3 is 2.76 bits per heavy atom. The molecule has 0 N–H and O–H groups in total. The summed E-state index contributed by atoms with van der Waals surface area (Å²) in [7, 11) is 0. The highest BCUT2D eigenvalue weighted by molar-refractivity contribution is 6.52. The highest BCUT2D eigenvalue weighted by atomic mass is 16.5. The number of carbonyl (C=O) groups is 2. The highest BCUT2D eigenvalue weighted by Gasteiger charge is 2.34. The van der Waals surface area contributed by atoms with E-state index in [0.29, 0.717) is 25.3 Å². The van der Waals surface area contributed by atoms with E-state index in [2.05, 4.69) is 0 Å². The number of hydrogen-bond donors (Lipinski definition) is 0. The average molecular weight is 233 g/mol. The number of ketones is 1. The molecule has 0 spiro atoms. The van der Waals surface area contributed by atoms with E-state index in [4.69, 9.17) is 4.74 Å². The Morgan fingerprint density at radius 1 is 1.24 bits per heavy atom. The lowest BCUT2D eigenvalue weighted by molar-refractivity contribution is -0.114. The smallest absolute Gasteiger partial charge is 0.299 e. The minimum Gasteiger partial charge on any atom is -0.382 e. The summed E-state index contributed by atoms with van der Waals surface area (Å²) in [5.74, 6) is -0.834. The Labute approximate surface area is 100 Å². The molecule has 0 unspecified atom stereocenters. The summed E-state index contributed by atoms with van der Waals surface area (Å²) in [6.45, 7) is 3.74. The van der Waals surface area contributed by atoms with Gasteiger partial charge in [0.1, 0.15) is 0 Å². The molecule has 1 aliphatic heterocycles. The summed E-state index contributed by atoms with van der Waals surface area (Å²) in [6, 6.07) is 7.10. The fraction of sp³-hybridized carbons (Fsp3) is 0.385. The number of amides is 1. The van der Waals surface area contributed by atoms with Crippen molar-refractivity contribution in [3.8, 4) is 0 Å². The first-order valence-corrected chi connectivity index (χ1v) is 5.78. The SMILES string of the molecule is CCOCCCN1C(=O)C(=O)c2ccccc21. The van der Waals surface area contributed by atoms with Crippen LogP contribution >= 0.6 is 0 Å². The Bertz CT molecular complexity index is 442. The Kier molecular flexibility index (Phi) is 3.54. The zero-order chi connectivity index (χ0) is 12.3. The summed E-state index contributed by atoms with van der Waals surface area (Å²) in [6.07, 6.45) is 0.737. The van der Waals surface area contributed by atoms with Gasteiger partial charge >= 0.3 is 0 Å². The predicted octanol–water partition coefficient (Wildman–Crippen LogP) is 1.64. The second kappa shape index (κ2) is 5.10. The molecule has 0 bridgehead atoms. The molecule has 0 aromatic heterocycles. The van der Waals surface area contributed by atoms with E-state index in [1.54, 1.807) is 18.2 Å². The molecule has 0 saturated carbocycles. The van der Waals surface area contributed by atoms with Crippen LogP contribution in [0.2, 0.25) is 0 Å². The molecule has 17 heavy (non-hydrogen) atoms. The van der Waals surface area contributed by atoms with Gasteiger partial charge in [-0.15, -0.1) is 0 Å². The molecule has 0 saturated heterocycles. The van der Waals surface area contributed by atoms with Gasteiger partial charge in [0.15, 0.2) is 0 Å². The van der Waals surface area contributed by atoms with Gasteiger partial charge in [0.05, 0.1) is 11.3 Å². The molecular weight excluding hydrogens is 218 g/mol. The quantitative estimate of drug-likeness (QED) is 0.573. The minimum atomic E-state index is -0.428. The molecule has 0 aliphatic carbocycles. The number of para-hydroxylation sites is 1. The van der Waals surface area contributed by atoms with Gasteiger partial charge in [-0.25, -0.2) is 0 Å². The van der Waals surface area contributed by atoms with Gasteiger partial charge in [-0.2, -0.15) is 0 Å². The Balaban J connectivity index is 2.08. The van der Waals surface area contributed by atoms with Gasteiger partial charge in [-0.1, -0.05) is 12.1 Å². The van der Waals surface area contributed by atoms with E-state index < -0.39 is 11.7 Å². The van der Waals surface area contributed by atoms with Gasteiger partial charge in [0.25, 0.3) is 11.7 Å². The monoisotopic (exact) mass is 233 g/mol. The maximum absolute atomic E-state index is 11.8. The van der Waals surface area contributed by atoms with Crippen LogP contribution in [0.5, 0.6) is 0 Å². The molecule has 4 nitrogen and oxygen atoms in total. The fourth-order valence-electron chi connectivity index (χ4n) is 1.94. The van der Waals surface area contributed by atoms with Crippen molar-refractivity contribution in [1.29, 1.82) is 0 Å². The van der Waals surface area contributed by atoms with Crippen LogP contribution in [0.1, 0.15) is 23.7 Å². The van der Waals surface area contributed by atoms with Crippen LogP contribution in [-0.2, 0) is 9.53 Å². The summed E-state index contributed by atoms with van der Waals surface area (Å²) in [4.78, 5) is 25.0. The second-order valence-electron chi connectivity index (χ2n) is 3.85. The van der Waals surface area contributed by atoms with Crippen LogP contribution in [0.25, 0.3) is 0 Å². The van der Waals surface area contributed by atoms with E-state index in [1.165, 1.54) is 4.90 Å². The average Bonchev–Trinajstić information content (AvgIpc) is 2.60. The molecule has 2 rings (SSSR count). The normalized spacial score (nSPS) is 14.3. The van der Waals surface area contributed by atoms with Crippen molar-refractivity contribution < 1.29 is 14.3 Å². The van der Waals surface area contributed by atoms with E-state index in [1.807, 2.05) is 13.0 Å². The van der Waals surface area contributed by atoms with E-state index >= 15 is 0 Å². The Hall–Kier alpha value is -1.68. The molecule has 0 fully saturated rings. The maximum Gasteiger partial charge on any atom is 0.299 e. The predicted molar refractivity (Wildman–Crippen MR) is 64.2 cm³/mol. The molecule has 1 aromatic rings. The van der Waals surface area contributed by atoms with Crippen LogP contribution in [0.4, 0.5) is 5.69 Å². The van der Waals surface area contributed by atoms with Gasteiger partial charge in [0.2, 0.25) is 0 Å². The lowest BCUT2D eigenvalue weighted by Gasteiger charge is -2.15. The number of Topliss-reactive ketones (excluding diaryl/α,β-unsaturated/α-hetero) is 1. The van der Waals surface area contributed by atoms with Crippen molar-refractivity contribution in [2.45, 2.75) is 13.3 Å². The number of nitrogens with zero attached hydrogens (tertiary/aromatic N) is 1.